The van der Waals surface area contributed by atoms with Crippen molar-refractivity contribution in [2.24, 2.45) is 0 Å². The number of aliphatic hydroxyl groups is 1. The molecule has 1 amide bonds. The highest BCUT2D eigenvalue weighted by Crippen LogP contribution is 2.30. The predicted octanol–water partition coefficient (Wildman–Crippen LogP) is 1.30. The second-order valence-corrected chi connectivity index (χ2v) is 5.31. The van der Waals surface area contributed by atoms with E-state index in [0.29, 0.717) is 12.1 Å². The molecular formula is C14H18N2O2. The minimum absolute atomic E-state index is 0.105. The molecule has 2 aliphatic rings. The van der Waals surface area contributed by atoms with Crippen molar-refractivity contribution in [1.29, 1.82) is 0 Å². The Morgan fingerprint density at radius 3 is 3.00 bits per heavy atom. The normalized spacial score (nSPS) is 19.6. The molecule has 4 nitrogen and oxygen atoms in total. The van der Waals surface area contributed by atoms with Crippen LogP contribution in [0.15, 0.2) is 18.2 Å². The van der Waals surface area contributed by atoms with E-state index in [1.165, 1.54) is 5.56 Å². The van der Waals surface area contributed by atoms with Crippen LogP contribution < -0.4 is 10.6 Å². The minimum Gasteiger partial charge on any atom is -0.388 e. The molecule has 96 valence electrons. The van der Waals surface area contributed by atoms with Gasteiger partial charge in [-0.25, -0.2) is 0 Å². The third-order valence-corrected chi connectivity index (χ3v) is 3.94. The summed E-state index contributed by atoms with van der Waals surface area (Å²) in [5.41, 5.74) is 2.32. The van der Waals surface area contributed by atoms with E-state index in [2.05, 4.69) is 10.6 Å². The van der Waals surface area contributed by atoms with Crippen LogP contribution >= 0.6 is 0 Å². The highest BCUT2D eigenvalue weighted by atomic mass is 16.3. The van der Waals surface area contributed by atoms with E-state index in [1.807, 2.05) is 18.2 Å². The maximum atomic E-state index is 12.0. The quantitative estimate of drug-likeness (QED) is 0.753. The zero-order valence-electron chi connectivity index (χ0n) is 10.3. The summed E-state index contributed by atoms with van der Waals surface area (Å²) in [4.78, 5) is 12.0. The Morgan fingerprint density at radius 2 is 2.28 bits per heavy atom. The Balaban J connectivity index is 1.65. The Kier molecular flexibility index (Phi) is 2.74. The summed E-state index contributed by atoms with van der Waals surface area (Å²) in [6, 6.07) is 5.75. The van der Waals surface area contributed by atoms with Gasteiger partial charge in [-0.05, 0) is 43.4 Å². The molecule has 0 bridgehead atoms. The third-order valence-electron chi connectivity index (χ3n) is 3.94. The first-order chi connectivity index (χ1) is 8.66. The van der Waals surface area contributed by atoms with Crippen LogP contribution in [0, 0.1) is 0 Å². The van der Waals surface area contributed by atoms with Crippen molar-refractivity contribution in [2.75, 3.05) is 18.4 Å². The third kappa shape index (κ3) is 2.08. The molecule has 4 heteroatoms. The van der Waals surface area contributed by atoms with Crippen LogP contribution in [0.2, 0.25) is 0 Å². The van der Waals surface area contributed by atoms with Gasteiger partial charge in [0, 0.05) is 24.3 Å². The number of hydrogen-bond donors (Lipinski definition) is 3. The van der Waals surface area contributed by atoms with Gasteiger partial charge in [0.05, 0.1) is 5.60 Å². The Labute approximate surface area is 106 Å². The molecule has 0 spiro atoms. The lowest BCUT2D eigenvalue weighted by Gasteiger charge is -2.36. The fraction of sp³-hybridized carbons (Fsp3) is 0.500. The maximum Gasteiger partial charge on any atom is 0.251 e. The van der Waals surface area contributed by atoms with Crippen LogP contribution in [0.3, 0.4) is 0 Å². The van der Waals surface area contributed by atoms with Crippen molar-refractivity contribution in [3.63, 3.8) is 0 Å². The number of anilines is 1. The van der Waals surface area contributed by atoms with Gasteiger partial charge in [0.2, 0.25) is 0 Å². The van der Waals surface area contributed by atoms with Gasteiger partial charge in [-0.15, -0.1) is 0 Å². The lowest BCUT2D eigenvalue weighted by Crippen LogP contribution is -2.47. The van der Waals surface area contributed by atoms with Crippen molar-refractivity contribution in [2.45, 2.75) is 31.3 Å². The molecule has 1 aromatic rings. The van der Waals surface area contributed by atoms with Gasteiger partial charge in [-0.1, -0.05) is 6.07 Å². The van der Waals surface area contributed by atoms with Gasteiger partial charge in [0.25, 0.3) is 5.91 Å². The molecule has 0 atom stereocenters. The first kappa shape index (κ1) is 11.5. The number of benzene rings is 1. The smallest absolute Gasteiger partial charge is 0.251 e. The van der Waals surface area contributed by atoms with Gasteiger partial charge in [-0.3, -0.25) is 4.79 Å². The molecule has 1 aromatic carbocycles. The predicted molar refractivity (Wildman–Crippen MR) is 69.8 cm³/mol. The number of fused-ring (bicyclic) bond motifs is 1. The van der Waals surface area contributed by atoms with Crippen LogP contribution in [-0.4, -0.2) is 29.7 Å². The largest absolute Gasteiger partial charge is 0.388 e. The molecule has 1 fully saturated rings. The molecule has 18 heavy (non-hydrogen) atoms. The Bertz CT molecular complexity index is 481. The van der Waals surface area contributed by atoms with Gasteiger partial charge in [-0.2, -0.15) is 0 Å². The molecule has 0 saturated heterocycles. The van der Waals surface area contributed by atoms with Crippen LogP contribution in [-0.2, 0) is 6.42 Å². The SMILES string of the molecule is O=C(NCC1(O)CCC1)c1ccc2c(c1)NCC2. The number of carbonyl (C=O) groups is 1. The standard InChI is InChI=1S/C14H18N2O2/c17-13(16-9-14(18)5-1-6-14)11-3-2-10-4-7-15-12(10)8-11/h2-3,8,15,18H,1,4-7,9H2,(H,16,17). The van der Waals surface area contributed by atoms with Gasteiger partial charge < -0.3 is 15.7 Å². The van der Waals surface area contributed by atoms with Gasteiger partial charge >= 0.3 is 0 Å². The monoisotopic (exact) mass is 246 g/mol. The average molecular weight is 246 g/mol. The van der Waals surface area contributed by atoms with Crippen LogP contribution in [0.25, 0.3) is 0 Å². The number of hydrogen-bond acceptors (Lipinski definition) is 3. The molecule has 1 aliphatic carbocycles. The molecule has 0 unspecified atom stereocenters. The van der Waals surface area contributed by atoms with E-state index >= 15 is 0 Å². The number of amides is 1. The van der Waals surface area contributed by atoms with Gasteiger partial charge in [0.1, 0.15) is 0 Å². The highest BCUT2D eigenvalue weighted by Gasteiger charge is 2.34. The van der Waals surface area contributed by atoms with Crippen molar-refractivity contribution in [1.82, 2.24) is 5.32 Å². The zero-order chi connectivity index (χ0) is 12.6. The number of carbonyl (C=O) groups excluding carboxylic acids is 1. The molecule has 1 heterocycles. The highest BCUT2D eigenvalue weighted by molar-refractivity contribution is 5.95. The summed E-state index contributed by atoms with van der Waals surface area (Å²) < 4.78 is 0. The number of rotatable bonds is 3. The fourth-order valence-corrected chi connectivity index (χ4v) is 2.54. The molecular weight excluding hydrogens is 228 g/mol. The van der Waals surface area contributed by atoms with E-state index in [0.717, 1.165) is 37.9 Å². The first-order valence-electron chi connectivity index (χ1n) is 6.54. The minimum atomic E-state index is -0.662. The summed E-state index contributed by atoms with van der Waals surface area (Å²) in [5.74, 6) is -0.105. The van der Waals surface area contributed by atoms with E-state index < -0.39 is 5.60 Å². The summed E-state index contributed by atoms with van der Waals surface area (Å²) >= 11 is 0. The zero-order valence-corrected chi connectivity index (χ0v) is 10.3. The van der Waals surface area contributed by atoms with E-state index in [9.17, 15) is 9.90 Å². The molecule has 0 radical (unpaired) electrons. The second kappa shape index (κ2) is 4.28. The van der Waals surface area contributed by atoms with Crippen molar-refractivity contribution in [3.8, 4) is 0 Å². The summed E-state index contributed by atoms with van der Waals surface area (Å²) in [6.45, 7) is 1.30. The molecule has 3 N–H and O–H groups in total. The molecule has 3 rings (SSSR count). The summed E-state index contributed by atoms with van der Waals surface area (Å²) in [7, 11) is 0. The molecule has 0 aromatic heterocycles. The maximum absolute atomic E-state index is 12.0. The van der Waals surface area contributed by atoms with Crippen molar-refractivity contribution < 1.29 is 9.90 Å². The first-order valence-corrected chi connectivity index (χ1v) is 6.54. The summed E-state index contributed by atoms with van der Waals surface area (Å²) in [6.07, 6.45) is 3.66. The van der Waals surface area contributed by atoms with Crippen LogP contribution in [0.1, 0.15) is 35.2 Å². The van der Waals surface area contributed by atoms with E-state index in [1.54, 1.807) is 0 Å². The average Bonchev–Trinajstić information content (AvgIpc) is 2.80. The van der Waals surface area contributed by atoms with Crippen LogP contribution in [0.4, 0.5) is 5.69 Å². The lowest BCUT2D eigenvalue weighted by molar-refractivity contribution is -0.0300. The number of nitrogens with one attached hydrogen (secondary N) is 2. The van der Waals surface area contributed by atoms with Crippen LogP contribution in [0.5, 0.6) is 0 Å². The Hall–Kier alpha value is -1.55. The molecule has 1 saturated carbocycles. The fourth-order valence-electron chi connectivity index (χ4n) is 2.54. The lowest BCUT2D eigenvalue weighted by atomic mass is 9.80. The summed E-state index contributed by atoms with van der Waals surface area (Å²) in [5, 5.41) is 16.0. The van der Waals surface area contributed by atoms with E-state index in [4.69, 9.17) is 0 Å². The molecule has 1 aliphatic heterocycles. The Morgan fingerprint density at radius 1 is 1.44 bits per heavy atom. The van der Waals surface area contributed by atoms with E-state index in [-0.39, 0.29) is 5.91 Å². The van der Waals surface area contributed by atoms with Crippen molar-refractivity contribution in [3.05, 3.63) is 29.3 Å². The second-order valence-electron chi connectivity index (χ2n) is 5.31. The van der Waals surface area contributed by atoms with Crippen molar-refractivity contribution >= 4 is 11.6 Å². The topological polar surface area (TPSA) is 61.4 Å². The van der Waals surface area contributed by atoms with Gasteiger partial charge in [0.15, 0.2) is 0 Å².